The molecule has 56 heavy (non-hydrogen) atoms. The van der Waals surface area contributed by atoms with E-state index in [0.717, 1.165) is 24.0 Å². The molecule has 0 unspecified atom stereocenters. The number of rotatable bonds is 12. The van der Waals surface area contributed by atoms with Gasteiger partial charge in [-0.2, -0.15) is 0 Å². The topological polar surface area (TPSA) is 108 Å². The highest BCUT2D eigenvalue weighted by atomic mass is 16.7. The number of ether oxygens (including phenoxy) is 8. The average Bonchev–Trinajstić information content (AvgIpc) is 3.17. The Morgan fingerprint density at radius 3 is 1.34 bits per heavy atom. The molecule has 3 heterocycles. The first-order chi connectivity index (χ1) is 26.5. The molecule has 316 valence electrons. The number of methoxy groups -OCH3 is 4. The highest BCUT2D eigenvalue weighted by Crippen LogP contribution is 2.43. The van der Waals surface area contributed by atoms with Crippen molar-refractivity contribution in [1.29, 1.82) is 0 Å². The highest BCUT2D eigenvalue weighted by molar-refractivity contribution is 5.83. The fraction of sp³-hybridized carbons (Fsp3) is 0.696. The molecule has 10 nitrogen and oxygen atoms in total. The summed E-state index contributed by atoms with van der Waals surface area (Å²) in [4.78, 5) is 26.6. The van der Waals surface area contributed by atoms with Gasteiger partial charge in [0.2, 0.25) is 0 Å². The minimum Gasteiger partial charge on any atom is -0.458 e. The van der Waals surface area contributed by atoms with Crippen molar-refractivity contribution < 1.29 is 47.5 Å². The maximum Gasteiger partial charge on any atom is 0.331 e. The van der Waals surface area contributed by atoms with E-state index in [1.54, 1.807) is 52.7 Å². The molecule has 0 N–H and O–H groups in total. The monoisotopic (exact) mass is 785 g/mol. The molecule has 3 aliphatic heterocycles. The number of cyclic esters (lactones) is 2. The summed E-state index contributed by atoms with van der Waals surface area (Å²) >= 11 is 0. The molecule has 0 aromatic carbocycles. The van der Waals surface area contributed by atoms with Gasteiger partial charge in [0.25, 0.3) is 0 Å². The predicted molar refractivity (Wildman–Crippen MR) is 219 cm³/mol. The van der Waals surface area contributed by atoms with Crippen LogP contribution in [0.3, 0.4) is 0 Å². The number of hydrogen-bond donors (Lipinski definition) is 0. The van der Waals surface area contributed by atoms with Gasteiger partial charge in [0.05, 0.1) is 24.4 Å². The largest absolute Gasteiger partial charge is 0.458 e. The summed E-state index contributed by atoms with van der Waals surface area (Å²) in [6, 6.07) is 0. The molecule has 0 radical (unpaired) electrons. The Labute approximate surface area is 337 Å². The molecule has 0 aliphatic carbocycles. The van der Waals surface area contributed by atoms with Gasteiger partial charge < -0.3 is 37.9 Å². The van der Waals surface area contributed by atoms with E-state index in [4.69, 9.17) is 37.9 Å². The van der Waals surface area contributed by atoms with Crippen LogP contribution in [-0.2, 0) is 47.5 Å². The van der Waals surface area contributed by atoms with Crippen molar-refractivity contribution >= 4 is 11.9 Å². The second-order valence-electron chi connectivity index (χ2n) is 16.1. The molecular weight excluding hydrogens is 712 g/mol. The van der Waals surface area contributed by atoms with Crippen LogP contribution in [0.5, 0.6) is 0 Å². The van der Waals surface area contributed by atoms with Crippen molar-refractivity contribution in [3.63, 3.8) is 0 Å². The summed E-state index contributed by atoms with van der Waals surface area (Å²) in [7, 11) is 6.78. The van der Waals surface area contributed by atoms with E-state index in [1.165, 1.54) is 12.2 Å². The molecule has 14 atom stereocenters. The van der Waals surface area contributed by atoms with E-state index in [2.05, 4.69) is 39.8 Å². The van der Waals surface area contributed by atoms with Crippen LogP contribution in [0.15, 0.2) is 71.9 Å². The molecule has 0 aromatic rings. The number of hydrogen-bond acceptors (Lipinski definition) is 10. The van der Waals surface area contributed by atoms with E-state index >= 15 is 0 Å². The molecule has 0 amide bonds. The first-order valence-electron chi connectivity index (χ1n) is 20.6. The lowest BCUT2D eigenvalue weighted by molar-refractivity contribution is -0.280. The summed E-state index contributed by atoms with van der Waals surface area (Å²) in [6.45, 7) is 20.4. The second-order valence-corrected chi connectivity index (χ2v) is 16.1. The quantitative estimate of drug-likeness (QED) is 0.141. The van der Waals surface area contributed by atoms with Crippen molar-refractivity contribution in [2.45, 2.75) is 143 Å². The average molecular weight is 785 g/mol. The Bertz CT molecular complexity index is 1350. The fourth-order valence-electron chi connectivity index (χ4n) is 9.04. The van der Waals surface area contributed by atoms with Crippen LogP contribution in [0.2, 0.25) is 0 Å². The Hall–Kier alpha value is -2.86. The zero-order valence-corrected chi connectivity index (χ0v) is 36.6. The second kappa shape index (κ2) is 21.8. The van der Waals surface area contributed by atoms with Crippen LogP contribution in [0.4, 0.5) is 0 Å². The van der Waals surface area contributed by atoms with Gasteiger partial charge in [-0.05, 0) is 51.7 Å². The maximum atomic E-state index is 13.3. The van der Waals surface area contributed by atoms with Crippen molar-refractivity contribution in [2.75, 3.05) is 28.4 Å². The molecular formula is C46H72O10. The number of allylic oxidation sites excluding steroid dienone is 4. The minimum absolute atomic E-state index is 0.0241. The molecule has 10 heteroatoms. The van der Waals surface area contributed by atoms with E-state index in [9.17, 15) is 9.59 Å². The van der Waals surface area contributed by atoms with Crippen molar-refractivity contribution in [3.05, 3.63) is 71.9 Å². The molecule has 3 aliphatic rings. The Morgan fingerprint density at radius 1 is 0.679 bits per heavy atom. The zero-order chi connectivity index (χ0) is 41.8. The third kappa shape index (κ3) is 11.6. The van der Waals surface area contributed by atoms with E-state index in [0.29, 0.717) is 12.8 Å². The lowest BCUT2D eigenvalue weighted by Gasteiger charge is -2.47. The van der Waals surface area contributed by atoms with Crippen LogP contribution in [0.25, 0.3) is 0 Å². The Balaban J connectivity index is 1.87. The summed E-state index contributed by atoms with van der Waals surface area (Å²) in [5.41, 5.74) is 1.78. The van der Waals surface area contributed by atoms with Crippen molar-refractivity contribution in [1.82, 2.24) is 0 Å². The van der Waals surface area contributed by atoms with Gasteiger partial charge in [0, 0.05) is 88.9 Å². The molecule has 3 rings (SSSR count). The van der Waals surface area contributed by atoms with Crippen LogP contribution < -0.4 is 0 Å². The smallest absolute Gasteiger partial charge is 0.331 e. The van der Waals surface area contributed by atoms with Gasteiger partial charge in [-0.1, -0.05) is 90.2 Å². The number of esters is 2. The Morgan fingerprint density at radius 2 is 1.04 bits per heavy atom. The molecule has 0 bridgehead atoms. The van der Waals surface area contributed by atoms with E-state index in [-0.39, 0.29) is 59.9 Å². The summed E-state index contributed by atoms with van der Waals surface area (Å²) in [5, 5.41) is 0. The van der Waals surface area contributed by atoms with Crippen LogP contribution in [-0.4, -0.2) is 88.6 Å². The van der Waals surface area contributed by atoms with Gasteiger partial charge in [-0.3, -0.25) is 0 Å². The van der Waals surface area contributed by atoms with E-state index in [1.807, 2.05) is 53.7 Å². The highest BCUT2D eigenvalue weighted by Gasteiger charge is 2.48. The summed E-state index contributed by atoms with van der Waals surface area (Å²) in [6.07, 6.45) is 19.5. The third-order valence-electron chi connectivity index (χ3n) is 12.4. The SMILES string of the molecule is CC[C@@H]1[C@@H](C)O[C@@](OC)(/C(C)=C/[C@H](C)[C@H]2OC(=O)C=C/C=C/[C@H](C)[C@@H]([C@@H](C)/C=C(\C)[C@@]3(OC)C[C@@H](OC)[C@H](CC)[C@@H](C)O3)OC(=O)/C=C/C=C/[C@@H]2C)C[C@H]1OC. The number of carbonyl (C=O) groups excluding carboxylic acids is 2. The molecule has 2 fully saturated rings. The first-order valence-corrected chi connectivity index (χ1v) is 20.6. The van der Waals surface area contributed by atoms with Gasteiger partial charge >= 0.3 is 11.9 Å². The van der Waals surface area contributed by atoms with Gasteiger partial charge in [-0.15, -0.1) is 0 Å². The predicted octanol–water partition coefficient (Wildman–Crippen LogP) is 8.87. The normalized spacial score (nSPS) is 39.6. The summed E-state index contributed by atoms with van der Waals surface area (Å²) in [5.74, 6) is -3.17. The first kappa shape index (κ1) is 47.5. The van der Waals surface area contributed by atoms with Crippen molar-refractivity contribution in [2.24, 2.45) is 35.5 Å². The Kier molecular flexibility index (Phi) is 18.5. The molecule has 0 aromatic heterocycles. The fourth-order valence-corrected chi connectivity index (χ4v) is 9.04. The minimum atomic E-state index is -0.964. The molecule has 0 saturated carbocycles. The lowest BCUT2D eigenvalue weighted by atomic mass is 9.82. The van der Waals surface area contributed by atoms with E-state index < -0.39 is 35.7 Å². The standard InChI is InChI=1S/C46H72O10/c1-15-37-35(9)55-45(51-13,27-39(37)49-11)33(7)25-31(5)43-29(3)21-17-19-24-42(48)54-44(30(4)22-18-20-23-41(47)53-43)32(6)26-34(8)46(52-14)28-40(50-12)38(16-2)36(10)56-46/h17-26,29-32,35-40,43-44H,15-16,27-28H2,1-14H3/b21-17+,22-18+,23-20+,24-19?,33-25+,34-26+/t29-,30-,31-,32-,35+,36+,37+,38+,39+,40+,43-,44-,45+,46+/m0/s1. The van der Waals surface area contributed by atoms with Gasteiger partial charge in [-0.25, -0.2) is 9.59 Å². The number of carbonyl (C=O) groups is 2. The van der Waals surface area contributed by atoms with Crippen LogP contribution >= 0.6 is 0 Å². The zero-order valence-electron chi connectivity index (χ0n) is 36.6. The van der Waals surface area contributed by atoms with Gasteiger partial charge in [0.1, 0.15) is 12.2 Å². The van der Waals surface area contributed by atoms with Crippen LogP contribution in [0.1, 0.15) is 94.9 Å². The molecule has 0 spiro atoms. The lowest BCUT2D eigenvalue weighted by Crippen LogP contribution is -2.53. The summed E-state index contributed by atoms with van der Waals surface area (Å²) < 4.78 is 49.3. The maximum absolute atomic E-state index is 13.3. The van der Waals surface area contributed by atoms with Gasteiger partial charge in [0.15, 0.2) is 11.6 Å². The molecule has 2 saturated heterocycles. The van der Waals surface area contributed by atoms with Crippen LogP contribution in [0, 0.1) is 35.5 Å². The van der Waals surface area contributed by atoms with Crippen molar-refractivity contribution in [3.8, 4) is 0 Å². The third-order valence-corrected chi connectivity index (χ3v) is 12.4.